The second-order valence-corrected chi connectivity index (χ2v) is 3.53. The molecule has 78 valence electrons. The summed E-state index contributed by atoms with van der Waals surface area (Å²) in [7, 11) is 0. The number of hydrogen-bond donors (Lipinski definition) is 1. The number of phenolic OH excluding ortho intramolecular Hbond substituents is 1. The van der Waals surface area contributed by atoms with Crippen molar-refractivity contribution in [3.63, 3.8) is 0 Å². The fourth-order valence-electron chi connectivity index (χ4n) is 1.01. The number of nitrogens with zero attached hydrogens (tertiary/aromatic N) is 1. The molecule has 0 fully saturated rings. The fraction of sp³-hybridized carbons (Fsp3) is 0. The molecule has 0 amide bonds. The van der Waals surface area contributed by atoms with Crippen LogP contribution >= 0.6 is 15.9 Å². The summed E-state index contributed by atoms with van der Waals surface area (Å²) in [6.45, 7) is 0. The van der Waals surface area contributed by atoms with E-state index in [9.17, 15) is 20.0 Å². The van der Waals surface area contributed by atoms with E-state index in [1.54, 1.807) is 0 Å². The number of nitro groups is 1. The van der Waals surface area contributed by atoms with Crippen molar-refractivity contribution in [1.29, 1.82) is 0 Å². The molecular weight excluding hydrogens is 266 g/mol. The summed E-state index contributed by atoms with van der Waals surface area (Å²) in [6.07, 6.45) is 2.96. The third kappa shape index (κ3) is 2.63. The van der Waals surface area contributed by atoms with Gasteiger partial charge in [0.25, 0.3) is 0 Å². The lowest BCUT2D eigenvalue weighted by Gasteiger charge is -2.01. The maximum atomic E-state index is 10.5. The van der Waals surface area contributed by atoms with Gasteiger partial charge in [0.15, 0.2) is 0 Å². The lowest BCUT2D eigenvalue weighted by Crippen LogP contribution is -1.90. The molecule has 0 bridgehead atoms. The number of benzene rings is 1. The Morgan fingerprint density at radius 1 is 1.47 bits per heavy atom. The number of halogens is 1. The summed E-state index contributed by atoms with van der Waals surface area (Å²) in [5.74, 6) is -0.457. The zero-order chi connectivity index (χ0) is 11.4. The molecule has 1 aromatic carbocycles. The number of aldehydes is 1. The lowest BCUT2D eigenvalue weighted by molar-refractivity contribution is -0.385. The van der Waals surface area contributed by atoms with Crippen LogP contribution in [0.2, 0.25) is 0 Å². The summed E-state index contributed by atoms with van der Waals surface area (Å²) in [6, 6.07) is 2.66. The topological polar surface area (TPSA) is 80.4 Å². The molecule has 0 saturated heterocycles. The number of nitro benzene ring substituents is 1. The highest BCUT2D eigenvalue weighted by Crippen LogP contribution is 2.33. The number of carbonyl (C=O) groups excluding carboxylic acids is 1. The predicted molar refractivity (Wildman–Crippen MR) is 57.6 cm³/mol. The first-order valence-electron chi connectivity index (χ1n) is 3.85. The zero-order valence-corrected chi connectivity index (χ0v) is 8.97. The summed E-state index contributed by atoms with van der Waals surface area (Å²) in [5.41, 5.74) is -0.196. The van der Waals surface area contributed by atoms with Gasteiger partial charge in [-0.1, -0.05) is 15.9 Å². The Bertz CT molecular complexity index is 442. The molecular formula is C9H6BrNO4. The number of carbonyl (C=O) groups is 1. The average Bonchev–Trinajstić information content (AvgIpc) is 2.18. The van der Waals surface area contributed by atoms with Gasteiger partial charge in [-0.3, -0.25) is 14.9 Å². The van der Waals surface area contributed by atoms with Crippen LogP contribution < -0.4 is 0 Å². The number of hydrogen-bond acceptors (Lipinski definition) is 4. The summed E-state index contributed by atoms with van der Waals surface area (Å²) in [5, 5.41) is 20.0. The molecule has 0 aliphatic carbocycles. The molecule has 0 unspecified atom stereocenters. The van der Waals surface area contributed by atoms with Crippen molar-refractivity contribution >= 4 is 34.0 Å². The van der Waals surface area contributed by atoms with Crippen molar-refractivity contribution in [3.8, 4) is 5.75 Å². The highest BCUT2D eigenvalue weighted by Gasteiger charge is 2.16. The standard InChI is InChI=1S/C9H6BrNO4/c10-7-4-6(2-1-3-12)9(13)8(5-7)11(14)15/h1-5,13H. The quantitative estimate of drug-likeness (QED) is 0.396. The van der Waals surface area contributed by atoms with Crippen LogP contribution in [0, 0.1) is 10.1 Å². The molecule has 0 spiro atoms. The fourth-order valence-corrected chi connectivity index (χ4v) is 1.48. The first-order chi connectivity index (χ1) is 7.06. The van der Waals surface area contributed by atoms with Gasteiger partial charge >= 0.3 is 5.69 Å². The van der Waals surface area contributed by atoms with Gasteiger partial charge in [-0.05, 0) is 18.2 Å². The second kappa shape index (κ2) is 4.70. The van der Waals surface area contributed by atoms with Gasteiger partial charge in [-0.2, -0.15) is 0 Å². The molecule has 0 aliphatic rings. The maximum Gasteiger partial charge on any atom is 0.312 e. The van der Waals surface area contributed by atoms with E-state index in [4.69, 9.17) is 0 Å². The largest absolute Gasteiger partial charge is 0.502 e. The first-order valence-corrected chi connectivity index (χ1v) is 4.64. The van der Waals surface area contributed by atoms with Gasteiger partial charge in [0.1, 0.15) is 6.29 Å². The number of rotatable bonds is 3. The summed E-state index contributed by atoms with van der Waals surface area (Å²) >= 11 is 3.07. The second-order valence-electron chi connectivity index (χ2n) is 2.62. The Balaban J connectivity index is 3.34. The smallest absolute Gasteiger partial charge is 0.312 e. The molecule has 0 aliphatic heterocycles. The molecule has 0 saturated carbocycles. The molecule has 0 radical (unpaired) electrons. The monoisotopic (exact) mass is 271 g/mol. The van der Waals surface area contributed by atoms with Crippen molar-refractivity contribution in [2.45, 2.75) is 0 Å². The van der Waals surface area contributed by atoms with E-state index in [1.165, 1.54) is 18.2 Å². The van der Waals surface area contributed by atoms with Crippen molar-refractivity contribution in [2.75, 3.05) is 0 Å². The van der Waals surface area contributed by atoms with Gasteiger partial charge in [-0.25, -0.2) is 0 Å². The van der Waals surface area contributed by atoms with Gasteiger partial charge in [0, 0.05) is 16.1 Å². The SMILES string of the molecule is O=CC=Cc1cc(Br)cc([N+](=O)[O-])c1O. The predicted octanol–water partition coefficient (Wildman–Crippen LogP) is 2.28. The van der Waals surface area contributed by atoms with Crippen molar-refractivity contribution < 1.29 is 14.8 Å². The van der Waals surface area contributed by atoms with Crippen LogP contribution in [-0.4, -0.2) is 16.3 Å². The van der Waals surface area contributed by atoms with E-state index >= 15 is 0 Å². The Kier molecular flexibility index (Phi) is 3.56. The van der Waals surface area contributed by atoms with Gasteiger partial charge in [0.2, 0.25) is 5.75 Å². The molecule has 0 heterocycles. The number of aromatic hydroxyl groups is 1. The van der Waals surface area contributed by atoms with E-state index in [0.717, 1.165) is 6.08 Å². The average molecular weight is 272 g/mol. The van der Waals surface area contributed by atoms with Crippen molar-refractivity contribution in [1.82, 2.24) is 0 Å². The highest BCUT2D eigenvalue weighted by atomic mass is 79.9. The van der Waals surface area contributed by atoms with E-state index < -0.39 is 16.4 Å². The van der Waals surface area contributed by atoms with E-state index in [2.05, 4.69) is 15.9 Å². The lowest BCUT2D eigenvalue weighted by atomic mass is 10.1. The summed E-state index contributed by atoms with van der Waals surface area (Å²) < 4.78 is 0.456. The van der Waals surface area contributed by atoms with Crippen molar-refractivity contribution in [3.05, 3.63) is 38.4 Å². The van der Waals surface area contributed by atoms with Gasteiger partial charge in [0.05, 0.1) is 4.92 Å². The minimum atomic E-state index is -0.696. The molecule has 0 atom stereocenters. The number of phenols is 1. The third-order valence-corrected chi connectivity index (χ3v) is 2.09. The molecule has 5 nitrogen and oxygen atoms in total. The first kappa shape index (κ1) is 11.4. The Morgan fingerprint density at radius 3 is 2.67 bits per heavy atom. The van der Waals surface area contributed by atoms with Crippen LogP contribution in [0.25, 0.3) is 6.08 Å². The molecule has 0 aromatic heterocycles. The minimum Gasteiger partial charge on any atom is -0.502 e. The maximum absolute atomic E-state index is 10.5. The van der Waals surface area contributed by atoms with E-state index in [0.29, 0.717) is 10.8 Å². The van der Waals surface area contributed by atoms with E-state index in [1.807, 2.05) is 0 Å². The van der Waals surface area contributed by atoms with Crippen LogP contribution in [0.1, 0.15) is 5.56 Å². The molecule has 1 N–H and O–H groups in total. The van der Waals surface area contributed by atoms with Gasteiger partial charge < -0.3 is 5.11 Å². The minimum absolute atomic E-state index is 0.211. The number of allylic oxidation sites excluding steroid dienone is 1. The normalized spacial score (nSPS) is 10.5. The van der Waals surface area contributed by atoms with Crippen LogP contribution in [0.5, 0.6) is 5.75 Å². The molecule has 1 aromatic rings. The van der Waals surface area contributed by atoms with Crippen molar-refractivity contribution in [2.24, 2.45) is 0 Å². The molecule has 15 heavy (non-hydrogen) atoms. The van der Waals surface area contributed by atoms with Gasteiger partial charge in [-0.15, -0.1) is 0 Å². The van der Waals surface area contributed by atoms with E-state index in [-0.39, 0.29) is 5.56 Å². The molecule has 6 heteroatoms. The van der Waals surface area contributed by atoms with Crippen LogP contribution in [0.4, 0.5) is 5.69 Å². The Labute approximate surface area is 93.3 Å². The Morgan fingerprint density at radius 2 is 2.13 bits per heavy atom. The molecule has 1 rings (SSSR count). The third-order valence-electron chi connectivity index (χ3n) is 1.64. The van der Waals surface area contributed by atoms with Crippen LogP contribution in [0.3, 0.4) is 0 Å². The zero-order valence-electron chi connectivity index (χ0n) is 7.38. The highest BCUT2D eigenvalue weighted by molar-refractivity contribution is 9.10. The Hall–Kier alpha value is -1.69. The van der Waals surface area contributed by atoms with Crippen LogP contribution in [-0.2, 0) is 4.79 Å². The van der Waals surface area contributed by atoms with Crippen LogP contribution in [0.15, 0.2) is 22.7 Å². The summed E-state index contributed by atoms with van der Waals surface area (Å²) in [4.78, 5) is 19.9.